The van der Waals surface area contributed by atoms with Crippen molar-refractivity contribution >= 4 is 0 Å². The standard InChI is InChI=1S/C12H27NO/c1-7-14-8-12(10(4)5)13-11(6)9(2)3/h9-13H,7-8H2,1-6H3. The molecule has 0 bridgehead atoms. The Balaban J connectivity index is 3.95. The van der Waals surface area contributed by atoms with Gasteiger partial charge in [0.1, 0.15) is 0 Å². The quantitative estimate of drug-likeness (QED) is 0.684. The summed E-state index contributed by atoms with van der Waals surface area (Å²) >= 11 is 0. The molecular weight excluding hydrogens is 174 g/mol. The molecule has 0 rings (SSSR count). The van der Waals surface area contributed by atoms with Crippen molar-refractivity contribution in [3.8, 4) is 0 Å². The van der Waals surface area contributed by atoms with Crippen molar-refractivity contribution in [2.75, 3.05) is 13.2 Å². The molecule has 0 spiro atoms. The van der Waals surface area contributed by atoms with Crippen LogP contribution < -0.4 is 5.32 Å². The van der Waals surface area contributed by atoms with Crippen molar-refractivity contribution in [2.24, 2.45) is 11.8 Å². The molecule has 0 saturated carbocycles. The highest BCUT2D eigenvalue weighted by atomic mass is 16.5. The van der Waals surface area contributed by atoms with Crippen molar-refractivity contribution in [3.63, 3.8) is 0 Å². The Morgan fingerprint density at radius 3 is 1.93 bits per heavy atom. The minimum atomic E-state index is 0.479. The van der Waals surface area contributed by atoms with Crippen molar-refractivity contribution in [1.82, 2.24) is 5.32 Å². The van der Waals surface area contributed by atoms with Gasteiger partial charge in [-0.2, -0.15) is 0 Å². The van der Waals surface area contributed by atoms with Crippen molar-refractivity contribution in [1.29, 1.82) is 0 Å². The lowest BCUT2D eigenvalue weighted by Crippen LogP contribution is -2.45. The normalized spacial score (nSPS) is 16.3. The molecule has 0 aromatic rings. The zero-order valence-electron chi connectivity index (χ0n) is 10.6. The molecule has 0 radical (unpaired) electrons. The van der Waals surface area contributed by atoms with E-state index in [2.05, 4.69) is 39.9 Å². The molecule has 0 aliphatic carbocycles. The topological polar surface area (TPSA) is 21.3 Å². The molecule has 0 amide bonds. The van der Waals surface area contributed by atoms with Crippen LogP contribution in [0.1, 0.15) is 41.5 Å². The van der Waals surface area contributed by atoms with Gasteiger partial charge in [0.25, 0.3) is 0 Å². The number of hydrogen-bond acceptors (Lipinski definition) is 2. The summed E-state index contributed by atoms with van der Waals surface area (Å²) < 4.78 is 5.48. The van der Waals surface area contributed by atoms with Crippen LogP contribution in [0.15, 0.2) is 0 Å². The Kier molecular flexibility index (Phi) is 7.20. The first-order valence-electron chi connectivity index (χ1n) is 5.82. The smallest absolute Gasteiger partial charge is 0.0622 e. The van der Waals surface area contributed by atoms with Crippen molar-refractivity contribution in [2.45, 2.75) is 53.6 Å². The summed E-state index contributed by atoms with van der Waals surface area (Å²) in [5, 5.41) is 3.63. The minimum Gasteiger partial charge on any atom is -0.380 e. The van der Waals surface area contributed by atoms with E-state index in [4.69, 9.17) is 4.74 Å². The Hall–Kier alpha value is -0.0800. The summed E-state index contributed by atoms with van der Waals surface area (Å²) in [7, 11) is 0. The number of hydrogen-bond donors (Lipinski definition) is 1. The molecular formula is C12H27NO. The molecule has 2 nitrogen and oxygen atoms in total. The van der Waals surface area contributed by atoms with Gasteiger partial charge in [0, 0.05) is 18.7 Å². The summed E-state index contributed by atoms with van der Waals surface area (Å²) in [6.45, 7) is 14.9. The Morgan fingerprint density at radius 2 is 1.57 bits per heavy atom. The molecule has 2 heteroatoms. The van der Waals surface area contributed by atoms with Gasteiger partial charge in [0.2, 0.25) is 0 Å². The first-order valence-corrected chi connectivity index (χ1v) is 5.82. The van der Waals surface area contributed by atoms with Crippen LogP contribution in [0.2, 0.25) is 0 Å². The summed E-state index contributed by atoms with van der Waals surface area (Å²) in [6.07, 6.45) is 0. The van der Waals surface area contributed by atoms with E-state index in [1.165, 1.54) is 0 Å². The molecule has 0 saturated heterocycles. The molecule has 0 aliphatic heterocycles. The van der Waals surface area contributed by atoms with Crippen molar-refractivity contribution in [3.05, 3.63) is 0 Å². The van der Waals surface area contributed by atoms with E-state index in [9.17, 15) is 0 Å². The predicted molar refractivity (Wildman–Crippen MR) is 62.6 cm³/mol. The average Bonchev–Trinajstić information content (AvgIpc) is 2.10. The van der Waals surface area contributed by atoms with Gasteiger partial charge in [-0.25, -0.2) is 0 Å². The van der Waals surface area contributed by atoms with E-state index in [1.54, 1.807) is 0 Å². The lowest BCUT2D eigenvalue weighted by molar-refractivity contribution is 0.101. The highest BCUT2D eigenvalue weighted by molar-refractivity contribution is 4.75. The van der Waals surface area contributed by atoms with E-state index in [0.29, 0.717) is 23.9 Å². The zero-order chi connectivity index (χ0) is 11.1. The maximum atomic E-state index is 5.48. The van der Waals surface area contributed by atoms with Crippen LogP contribution in [0.3, 0.4) is 0 Å². The largest absolute Gasteiger partial charge is 0.380 e. The lowest BCUT2D eigenvalue weighted by atomic mass is 10.0. The second-order valence-electron chi connectivity index (χ2n) is 4.71. The SMILES string of the molecule is CCOCC(NC(C)C(C)C)C(C)C. The van der Waals surface area contributed by atoms with Gasteiger partial charge in [0.05, 0.1) is 6.61 Å². The monoisotopic (exact) mass is 201 g/mol. The first-order chi connectivity index (χ1) is 6.49. The van der Waals surface area contributed by atoms with E-state index >= 15 is 0 Å². The minimum absolute atomic E-state index is 0.479. The molecule has 0 fully saturated rings. The fraction of sp³-hybridized carbons (Fsp3) is 1.00. The summed E-state index contributed by atoms with van der Waals surface area (Å²) in [6, 6.07) is 1.04. The van der Waals surface area contributed by atoms with Gasteiger partial charge >= 0.3 is 0 Å². The number of rotatable bonds is 7. The third-order valence-electron chi connectivity index (χ3n) is 2.78. The first kappa shape index (κ1) is 13.9. The fourth-order valence-corrected chi connectivity index (χ4v) is 1.21. The van der Waals surface area contributed by atoms with Gasteiger partial charge in [-0.1, -0.05) is 27.7 Å². The maximum absolute atomic E-state index is 5.48. The fourth-order valence-electron chi connectivity index (χ4n) is 1.21. The molecule has 0 heterocycles. The molecule has 0 aromatic heterocycles. The summed E-state index contributed by atoms with van der Waals surface area (Å²) in [5.74, 6) is 1.31. The van der Waals surface area contributed by atoms with Gasteiger partial charge < -0.3 is 10.1 Å². The highest BCUT2D eigenvalue weighted by Crippen LogP contribution is 2.07. The van der Waals surface area contributed by atoms with Crippen LogP contribution in [0.5, 0.6) is 0 Å². The van der Waals surface area contributed by atoms with Crippen LogP contribution in [0.25, 0.3) is 0 Å². The second-order valence-corrected chi connectivity index (χ2v) is 4.71. The Bertz CT molecular complexity index is 134. The molecule has 0 aliphatic rings. The van der Waals surface area contributed by atoms with Gasteiger partial charge in [-0.3, -0.25) is 0 Å². The Morgan fingerprint density at radius 1 is 1.00 bits per heavy atom. The van der Waals surface area contributed by atoms with Crippen LogP contribution >= 0.6 is 0 Å². The predicted octanol–water partition coefficient (Wildman–Crippen LogP) is 2.68. The highest BCUT2D eigenvalue weighted by Gasteiger charge is 2.17. The lowest BCUT2D eigenvalue weighted by Gasteiger charge is -2.28. The second kappa shape index (κ2) is 7.24. The van der Waals surface area contributed by atoms with Crippen LogP contribution in [-0.4, -0.2) is 25.3 Å². The van der Waals surface area contributed by atoms with Crippen molar-refractivity contribution < 1.29 is 4.74 Å². The molecule has 2 unspecified atom stereocenters. The van der Waals surface area contributed by atoms with Crippen LogP contribution in [-0.2, 0) is 4.74 Å². The van der Waals surface area contributed by atoms with Crippen LogP contribution in [0.4, 0.5) is 0 Å². The molecule has 0 aromatic carbocycles. The third kappa shape index (κ3) is 5.61. The number of ether oxygens (including phenoxy) is 1. The maximum Gasteiger partial charge on any atom is 0.0622 e. The molecule has 86 valence electrons. The summed E-state index contributed by atoms with van der Waals surface area (Å²) in [5.41, 5.74) is 0. The van der Waals surface area contributed by atoms with E-state index in [1.807, 2.05) is 6.92 Å². The van der Waals surface area contributed by atoms with Crippen LogP contribution in [0, 0.1) is 11.8 Å². The number of nitrogens with one attached hydrogen (secondary N) is 1. The van der Waals surface area contributed by atoms with E-state index in [0.717, 1.165) is 13.2 Å². The Labute approximate surface area is 89.4 Å². The summed E-state index contributed by atoms with van der Waals surface area (Å²) in [4.78, 5) is 0. The van der Waals surface area contributed by atoms with Gasteiger partial charge in [-0.15, -0.1) is 0 Å². The van der Waals surface area contributed by atoms with Gasteiger partial charge in [0.15, 0.2) is 0 Å². The molecule has 1 N–H and O–H groups in total. The van der Waals surface area contributed by atoms with Gasteiger partial charge in [-0.05, 0) is 25.7 Å². The molecule has 14 heavy (non-hydrogen) atoms. The average molecular weight is 201 g/mol. The van der Waals surface area contributed by atoms with E-state index < -0.39 is 0 Å². The third-order valence-corrected chi connectivity index (χ3v) is 2.78. The molecule has 2 atom stereocenters. The zero-order valence-corrected chi connectivity index (χ0v) is 10.6. The van der Waals surface area contributed by atoms with E-state index in [-0.39, 0.29) is 0 Å².